The van der Waals surface area contributed by atoms with Crippen molar-refractivity contribution in [1.29, 1.82) is 0 Å². The maximum atomic E-state index is 9.60. The zero-order chi connectivity index (χ0) is 19.6. The first-order valence-electron chi connectivity index (χ1n) is 9.29. The second kappa shape index (κ2) is 10.7. The van der Waals surface area contributed by atoms with Crippen molar-refractivity contribution >= 4 is 20.4 Å². The van der Waals surface area contributed by atoms with Crippen LogP contribution in [0.15, 0.2) is 12.3 Å². The highest BCUT2D eigenvalue weighted by atomic mass is 28.3. The van der Waals surface area contributed by atoms with Crippen LogP contribution in [0.5, 0.6) is 0 Å². The molecule has 2 rings (SSSR count). The average molecular weight is 385 g/mol. The fourth-order valence-electron chi connectivity index (χ4n) is 2.26. The maximum absolute atomic E-state index is 9.60. The highest BCUT2D eigenvalue weighted by Crippen LogP contribution is 2.14. The summed E-state index contributed by atoms with van der Waals surface area (Å²) in [5, 5.41) is 7.73. The summed E-state index contributed by atoms with van der Waals surface area (Å²) >= 11 is 0. The van der Waals surface area contributed by atoms with E-state index in [9.17, 15) is 4.79 Å². The van der Waals surface area contributed by atoms with Crippen molar-refractivity contribution in [1.82, 2.24) is 15.1 Å². The number of nitrogens with zero attached hydrogens (tertiary/aromatic N) is 3. The Labute approximate surface area is 159 Å². The first kappa shape index (κ1) is 22.7. The number of carbonyl (C=O) groups excluding carboxylic acids is 1. The number of ether oxygens (including phenoxy) is 2. The van der Waals surface area contributed by atoms with Crippen LogP contribution in [-0.4, -0.2) is 62.7 Å². The van der Waals surface area contributed by atoms with Crippen molar-refractivity contribution in [2.75, 3.05) is 37.7 Å². The number of piperazine rings is 1. The van der Waals surface area contributed by atoms with E-state index < -0.39 is 8.07 Å². The lowest BCUT2D eigenvalue weighted by atomic mass is 10.2. The lowest BCUT2D eigenvalue weighted by Crippen LogP contribution is -2.44. The molecule has 7 nitrogen and oxygen atoms in total. The summed E-state index contributed by atoms with van der Waals surface area (Å²) < 4.78 is 12.3. The molecule has 1 aliphatic rings. The van der Waals surface area contributed by atoms with Gasteiger partial charge in [-0.2, -0.15) is 5.10 Å². The van der Waals surface area contributed by atoms with E-state index in [1.165, 1.54) is 11.9 Å². The quantitative estimate of drug-likeness (QED) is 0.443. The Balaban J connectivity index is 0.000000412. The van der Waals surface area contributed by atoms with Gasteiger partial charge in [-0.1, -0.05) is 19.6 Å². The Kier molecular flexibility index (Phi) is 9.32. The molecule has 1 fully saturated rings. The van der Waals surface area contributed by atoms with Crippen molar-refractivity contribution in [2.24, 2.45) is 0 Å². The minimum atomic E-state index is -0.998. The molecule has 0 atom stereocenters. The van der Waals surface area contributed by atoms with Gasteiger partial charge in [0, 0.05) is 46.9 Å². The molecule has 1 saturated heterocycles. The van der Waals surface area contributed by atoms with Crippen LogP contribution >= 0.6 is 0 Å². The van der Waals surface area contributed by atoms with Crippen LogP contribution in [0.25, 0.3) is 0 Å². The standard InChI is InChI=1S/C13H26N4OSi.C5H10O2/c1-19(2,3)11-10-18-12-17-13(4-5-15-17)16-8-6-14-7-9-16;1-5(2,3)7-4-6/h4-5,14H,6-12H2,1-3H3;4H,1-3H3. The third-order valence-electron chi connectivity index (χ3n) is 3.75. The summed E-state index contributed by atoms with van der Waals surface area (Å²) in [6, 6.07) is 3.28. The minimum absolute atomic E-state index is 0.318. The van der Waals surface area contributed by atoms with E-state index >= 15 is 0 Å². The molecule has 0 unspecified atom stereocenters. The molecular weight excluding hydrogens is 348 g/mol. The lowest BCUT2D eigenvalue weighted by molar-refractivity contribution is -0.138. The van der Waals surface area contributed by atoms with E-state index in [1.54, 1.807) is 0 Å². The first-order chi connectivity index (χ1) is 12.1. The highest BCUT2D eigenvalue weighted by molar-refractivity contribution is 6.76. The Bertz CT molecular complexity index is 517. The van der Waals surface area contributed by atoms with E-state index in [-0.39, 0.29) is 5.60 Å². The van der Waals surface area contributed by atoms with E-state index in [0.29, 0.717) is 13.2 Å². The third kappa shape index (κ3) is 9.93. The van der Waals surface area contributed by atoms with Crippen molar-refractivity contribution < 1.29 is 14.3 Å². The predicted octanol–water partition coefficient (Wildman–Crippen LogP) is 2.56. The topological polar surface area (TPSA) is 68.6 Å². The van der Waals surface area contributed by atoms with Crippen LogP contribution in [0.4, 0.5) is 5.82 Å². The summed E-state index contributed by atoms with van der Waals surface area (Å²) in [6.45, 7) is 18.6. The number of hydrogen-bond donors (Lipinski definition) is 1. The fraction of sp³-hybridized carbons (Fsp3) is 0.778. The molecule has 0 saturated carbocycles. The smallest absolute Gasteiger partial charge is 0.293 e. The molecule has 26 heavy (non-hydrogen) atoms. The summed E-state index contributed by atoms with van der Waals surface area (Å²) in [6.07, 6.45) is 1.86. The van der Waals surface area contributed by atoms with Gasteiger partial charge in [0.05, 0.1) is 6.20 Å². The number of nitrogens with one attached hydrogen (secondary N) is 1. The molecule has 0 bridgehead atoms. The van der Waals surface area contributed by atoms with E-state index in [0.717, 1.165) is 32.8 Å². The Hall–Kier alpha value is -1.38. The van der Waals surface area contributed by atoms with Crippen molar-refractivity contribution in [3.63, 3.8) is 0 Å². The summed E-state index contributed by atoms with van der Waals surface area (Å²) in [7, 11) is -0.998. The first-order valence-corrected chi connectivity index (χ1v) is 13.0. The van der Waals surface area contributed by atoms with Gasteiger partial charge in [-0.05, 0) is 26.8 Å². The molecule has 2 heterocycles. The van der Waals surface area contributed by atoms with Crippen LogP contribution in [0.1, 0.15) is 20.8 Å². The average Bonchev–Trinajstić information content (AvgIpc) is 2.99. The van der Waals surface area contributed by atoms with Gasteiger partial charge in [0.25, 0.3) is 6.47 Å². The van der Waals surface area contributed by atoms with Gasteiger partial charge >= 0.3 is 0 Å². The van der Waals surface area contributed by atoms with E-state index in [4.69, 9.17) is 4.74 Å². The molecule has 8 heteroatoms. The predicted molar refractivity (Wildman–Crippen MR) is 108 cm³/mol. The SMILES string of the molecule is CC(C)(C)OC=O.C[Si](C)(C)CCOCn1nccc1N1CCNCC1. The van der Waals surface area contributed by atoms with Gasteiger partial charge in [0.2, 0.25) is 0 Å². The number of aromatic nitrogens is 2. The number of carbonyl (C=O) groups is 1. The second-order valence-corrected chi connectivity index (χ2v) is 14.2. The van der Waals surface area contributed by atoms with Crippen molar-refractivity contribution in [3.05, 3.63) is 12.3 Å². The zero-order valence-corrected chi connectivity index (χ0v) is 18.2. The number of rotatable bonds is 7. The minimum Gasteiger partial charge on any atom is -0.462 e. The van der Waals surface area contributed by atoms with Crippen LogP contribution in [-0.2, 0) is 21.0 Å². The molecule has 0 aliphatic carbocycles. The van der Waals surface area contributed by atoms with Crippen LogP contribution in [0, 0.1) is 0 Å². The molecular formula is C18H36N4O3Si. The Morgan fingerprint density at radius 2 is 1.92 bits per heavy atom. The van der Waals surface area contributed by atoms with Gasteiger partial charge in [-0.15, -0.1) is 0 Å². The molecule has 0 radical (unpaired) electrons. The molecule has 0 spiro atoms. The number of anilines is 1. The molecule has 1 aromatic heterocycles. The Morgan fingerprint density at radius 3 is 2.42 bits per heavy atom. The van der Waals surface area contributed by atoms with Gasteiger partial charge in [0.1, 0.15) is 18.1 Å². The second-order valence-electron chi connectivity index (χ2n) is 8.60. The van der Waals surface area contributed by atoms with Crippen molar-refractivity contribution in [2.45, 2.75) is 58.8 Å². The maximum Gasteiger partial charge on any atom is 0.293 e. The van der Waals surface area contributed by atoms with E-state index in [2.05, 4.69) is 45.8 Å². The lowest BCUT2D eigenvalue weighted by Gasteiger charge is -2.29. The van der Waals surface area contributed by atoms with Gasteiger partial charge in [0.15, 0.2) is 0 Å². The summed E-state index contributed by atoms with van der Waals surface area (Å²) in [4.78, 5) is 12.0. The zero-order valence-electron chi connectivity index (χ0n) is 17.2. The van der Waals surface area contributed by atoms with Gasteiger partial charge in [-0.25, -0.2) is 4.68 Å². The van der Waals surface area contributed by atoms with Gasteiger partial charge < -0.3 is 19.7 Å². The largest absolute Gasteiger partial charge is 0.462 e. The molecule has 0 amide bonds. The molecule has 1 aromatic rings. The van der Waals surface area contributed by atoms with Crippen LogP contribution < -0.4 is 10.2 Å². The van der Waals surface area contributed by atoms with Crippen LogP contribution in [0.3, 0.4) is 0 Å². The normalized spacial score (nSPS) is 15.2. The molecule has 1 aliphatic heterocycles. The number of hydrogen-bond acceptors (Lipinski definition) is 6. The fourth-order valence-corrected chi connectivity index (χ4v) is 3.02. The molecule has 1 N–H and O–H groups in total. The summed E-state index contributed by atoms with van der Waals surface area (Å²) in [5.41, 5.74) is -0.318. The third-order valence-corrected chi connectivity index (χ3v) is 5.45. The van der Waals surface area contributed by atoms with E-state index in [1.807, 2.05) is 31.6 Å². The molecule has 0 aromatic carbocycles. The molecule has 150 valence electrons. The van der Waals surface area contributed by atoms with Gasteiger partial charge in [-0.3, -0.25) is 4.79 Å². The summed E-state index contributed by atoms with van der Waals surface area (Å²) in [5.74, 6) is 1.18. The Morgan fingerprint density at radius 1 is 1.27 bits per heavy atom. The van der Waals surface area contributed by atoms with Crippen molar-refractivity contribution in [3.8, 4) is 0 Å². The highest BCUT2D eigenvalue weighted by Gasteiger charge is 2.15. The van der Waals surface area contributed by atoms with Crippen LogP contribution in [0.2, 0.25) is 25.7 Å². The monoisotopic (exact) mass is 384 g/mol.